The first-order valence-corrected chi connectivity index (χ1v) is 9.81. The number of nitrogens with zero attached hydrogens (tertiary/aromatic N) is 3. The van der Waals surface area contributed by atoms with Gasteiger partial charge in [-0.05, 0) is 51.1 Å². The number of hydrogen-bond acceptors (Lipinski definition) is 5. The molecule has 8 heteroatoms. The van der Waals surface area contributed by atoms with Crippen molar-refractivity contribution >= 4 is 50.7 Å². The molecule has 0 saturated carbocycles. The molecule has 0 N–H and O–H groups in total. The molecule has 26 heavy (non-hydrogen) atoms. The molecule has 0 radical (unpaired) electrons. The summed E-state index contributed by atoms with van der Waals surface area (Å²) in [5.41, 5.74) is 1.08. The number of ether oxygens (including phenoxy) is 1. The zero-order valence-corrected chi connectivity index (χ0v) is 17.3. The van der Waals surface area contributed by atoms with Crippen LogP contribution in [-0.2, 0) is 9.53 Å². The first kappa shape index (κ1) is 19.5. The number of Topliss-reactive ketones (excluding diaryl/α,β-unsaturated/α-hetero) is 1. The first-order valence-electron chi connectivity index (χ1n) is 8.26. The van der Waals surface area contributed by atoms with Gasteiger partial charge >= 0.3 is 0 Å². The molecule has 0 bridgehead atoms. The molecule has 1 saturated heterocycles. The topological polar surface area (TPSA) is 55.3 Å². The summed E-state index contributed by atoms with van der Waals surface area (Å²) in [6.45, 7) is 3.47. The standard InChI is InChI=1S/C18H18BrCl2N3O2/c1-11(12-2-4-13(20)5-3-12)8-16(25)15-10-26-7-6-24(15)17-14(19)9-22-18(21)23-17/h2-5,9,11,15H,6-8,10H2,1H3/t11-,15?/m1/s1. The van der Waals surface area contributed by atoms with Crippen molar-refractivity contribution in [1.82, 2.24) is 9.97 Å². The van der Waals surface area contributed by atoms with Crippen molar-refractivity contribution in [1.29, 1.82) is 0 Å². The Bertz CT molecular complexity index is 789. The third-order valence-electron chi connectivity index (χ3n) is 4.41. The second-order valence-electron chi connectivity index (χ2n) is 6.22. The number of rotatable bonds is 5. The summed E-state index contributed by atoms with van der Waals surface area (Å²) < 4.78 is 6.26. The Morgan fingerprint density at radius 1 is 1.38 bits per heavy atom. The number of carbonyl (C=O) groups excluding carboxylic acids is 1. The highest BCUT2D eigenvalue weighted by Gasteiger charge is 2.32. The highest BCUT2D eigenvalue weighted by atomic mass is 79.9. The van der Waals surface area contributed by atoms with Crippen LogP contribution in [0.15, 0.2) is 34.9 Å². The van der Waals surface area contributed by atoms with Crippen LogP contribution in [-0.4, -0.2) is 41.6 Å². The lowest BCUT2D eigenvalue weighted by Crippen LogP contribution is -2.51. The van der Waals surface area contributed by atoms with Crippen LogP contribution in [0.4, 0.5) is 5.82 Å². The van der Waals surface area contributed by atoms with Crippen LogP contribution >= 0.6 is 39.1 Å². The normalized spacial score (nSPS) is 18.6. The minimum Gasteiger partial charge on any atom is -0.377 e. The van der Waals surface area contributed by atoms with E-state index in [1.165, 1.54) is 0 Å². The van der Waals surface area contributed by atoms with Gasteiger partial charge in [0, 0.05) is 24.2 Å². The van der Waals surface area contributed by atoms with Crippen molar-refractivity contribution in [2.75, 3.05) is 24.7 Å². The van der Waals surface area contributed by atoms with Gasteiger partial charge in [-0.1, -0.05) is 30.7 Å². The lowest BCUT2D eigenvalue weighted by atomic mass is 9.93. The zero-order valence-electron chi connectivity index (χ0n) is 14.2. The maximum absolute atomic E-state index is 13.0. The fourth-order valence-corrected chi connectivity index (χ4v) is 3.68. The van der Waals surface area contributed by atoms with Crippen molar-refractivity contribution < 1.29 is 9.53 Å². The van der Waals surface area contributed by atoms with E-state index in [1.54, 1.807) is 6.20 Å². The molecule has 1 unspecified atom stereocenters. The molecule has 1 aromatic carbocycles. The van der Waals surface area contributed by atoms with E-state index in [9.17, 15) is 4.79 Å². The molecule has 138 valence electrons. The minimum absolute atomic E-state index is 0.0842. The molecule has 3 rings (SSSR count). The van der Waals surface area contributed by atoms with E-state index in [0.29, 0.717) is 41.5 Å². The monoisotopic (exact) mass is 457 g/mol. The van der Waals surface area contributed by atoms with E-state index in [-0.39, 0.29) is 17.0 Å². The van der Waals surface area contributed by atoms with E-state index in [2.05, 4.69) is 25.9 Å². The predicted octanol–water partition coefficient (Wildman–Crippen LogP) is 4.51. The Morgan fingerprint density at radius 2 is 2.12 bits per heavy atom. The summed E-state index contributed by atoms with van der Waals surface area (Å²) in [6.07, 6.45) is 2.00. The maximum Gasteiger partial charge on any atom is 0.224 e. The Morgan fingerprint density at radius 3 is 2.85 bits per heavy atom. The average molecular weight is 459 g/mol. The second kappa shape index (κ2) is 8.65. The van der Waals surface area contributed by atoms with E-state index in [1.807, 2.05) is 36.1 Å². The van der Waals surface area contributed by atoms with Gasteiger partial charge in [-0.25, -0.2) is 4.98 Å². The van der Waals surface area contributed by atoms with Gasteiger partial charge in [-0.15, -0.1) is 0 Å². The first-order chi connectivity index (χ1) is 12.5. The summed E-state index contributed by atoms with van der Waals surface area (Å²) in [5, 5.41) is 0.833. The fourth-order valence-electron chi connectivity index (χ4n) is 3.01. The SMILES string of the molecule is C[C@H](CC(=O)C1COCCN1c1nc(Cl)ncc1Br)c1ccc(Cl)cc1. The summed E-state index contributed by atoms with van der Waals surface area (Å²) >= 11 is 15.3. The van der Waals surface area contributed by atoms with E-state index >= 15 is 0 Å². The Labute approximate surface area is 170 Å². The fraction of sp³-hybridized carbons (Fsp3) is 0.389. The molecule has 0 spiro atoms. The van der Waals surface area contributed by atoms with Crippen LogP contribution in [0.2, 0.25) is 10.3 Å². The van der Waals surface area contributed by atoms with Gasteiger partial charge < -0.3 is 9.64 Å². The van der Waals surface area contributed by atoms with Crippen molar-refractivity contribution in [2.24, 2.45) is 0 Å². The molecule has 2 aromatic rings. The van der Waals surface area contributed by atoms with Crippen LogP contribution in [0.1, 0.15) is 24.8 Å². The number of ketones is 1. The van der Waals surface area contributed by atoms with Crippen molar-refractivity contribution in [3.05, 3.63) is 50.8 Å². The Balaban J connectivity index is 1.77. The van der Waals surface area contributed by atoms with E-state index in [0.717, 1.165) is 5.56 Å². The van der Waals surface area contributed by atoms with Crippen molar-refractivity contribution in [2.45, 2.75) is 25.3 Å². The van der Waals surface area contributed by atoms with Gasteiger partial charge in [0.05, 0.1) is 17.7 Å². The van der Waals surface area contributed by atoms with Gasteiger partial charge in [-0.3, -0.25) is 4.79 Å². The second-order valence-corrected chi connectivity index (χ2v) is 7.85. The number of aromatic nitrogens is 2. The molecule has 2 atom stereocenters. The molecule has 1 aliphatic rings. The smallest absolute Gasteiger partial charge is 0.224 e. The molecule has 2 heterocycles. The van der Waals surface area contributed by atoms with Crippen molar-refractivity contribution in [3.63, 3.8) is 0 Å². The van der Waals surface area contributed by atoms with Gasteiger partial charge in [0.1, 0.15) is 11.9 Å². The number of anilines is 1. The Kier molecular flexibility index (Phi) is 6.51. The molecular formula is C18H18BrCl2N3O2. The molecule has 5 nitrogen and oxygen atoms in total. The molecule has 1 aromatic heterocycles. The van der Waals surface area contributed by atoms with Gasteiger partial charge in [-0.2, -0.15) is 4.98 Å². The van der Waals surface area contributed by atoms with Gasteiger partial charge in [0.15, 0.2) is 5.78 Å². The quantitative estimate of drug-likeness (QED) is 0.616. The number of benzene rings is 1. The molecule has 1 fully saturated rings. The number of morpholine rings is 1. The molecule has 1 aliphatic heterocycles. The van der Waals surface area contributed by atoms with Gasteiger partial charge in [0.2, 0.25) is 5.28 Å². The third kappa shape index (κ3) is 4.55. The van der Waals surface area contributed by atoms with E-state index < -0.39 is 6.04 Å². The summed E-state index contributed by atoms with van der Waals surface area (Å²) in [7, 11) is 0. The van der Waals surface area contributed by atoms with Gasteiger partial charge in [0.25, 0.3) is 0 Å². The molecular weight excluding hydrogens is 441 g/mol. The highest BCUT2D eigenvalue weighted by Crippen LogP contribution is 2.29. The van der Waals surface area contributed by atoms with E-state index in [4.69, 9.17) is 27.9 Å². The van der Waals surface area contributed by atoms with Crippen LogP contribution in [0.3, 0.4) is 0 Å². The number of hydrogen-bond donors (Lipinski definition) is 0. The van der Waals surface area contributed by atoms with Crippen LogP contribution in [0, 0.1) is 0 Å². The largest absolute Gasteiger partial charge is 0.377 e. The lowest BCUT2D eigenvalue weighted by Gasteiger charge is -2.36. The minimum atomic E-state index is -0.402. The summed E-state index contributed by atoms with van der Waals surface area (Å²) in [6, 6.07) is 7.19. The van der Waals surface area contributed by atoms with Crippen LogP contribution in [0.5, 0.6) is 0 Å². The molecule has 0 aliphatic carbocycles. The average Bonchev–Trinajstić information content (AvgIpc) is 2.64. The summed E-state index contributed by atoms with van der Waals surface area (Å²) in [4.78, 5) is 23.2. The summed E-state index contributed by atoms with van der Waals surface area (Å²) in [5.74, 6) is 0.806. The van der Waals surface area contributed by atoms with Crippen molar-refractivity contribution in [3.8, 4) is 0 Å². The number of carbonyl (C=O) groups is 1. The van der Waals surface area contributed by atoms with Crippen LogP contribution < -0.4 is 4.90 Å². The lowest BCUT2D eigenvalue weighted by molar-refractivity contribution is -0.122. The maximum atomic E-state index is 13.0. The number of halogens is 3. The predicted molar refractivity (Wildman–Crippen MR) is 106 cm³/mol. The third-order valence-corrected chi connectivity index (χ3v) is 5.41. The zero-order chi connectivity index (χ0) is 18.7. The highest BCUT2D eigenvalue weighted by molar-refractivity contribution is 9.10. The van der Waals surface area contributed by atoms with Crippen LogP contribution in [0.25, 0.3) is 0 Å². The molecule has 0 amide bonds. The Hall–Kier alpha value is -1.21.